The van der Waals surface area contributed by atoms with E-state index in [9.17, 15) is 4.79 Å². The number of benzene rings is 3. The highest BCUT2D eigenvalue weighted by Gasteiger charge is 2.22. The lowest BCUT2D eigenvalue weighted by molar-refractivity contribution is -0.123. The van der Waals surface area contributed by atoms with Crippen molar-refractivity contribution < 1.29 is 9.53 Å². The van der Waals surface area contributed by atoms with Gasteiger partial charge < -0.3 is 14.6 Å². The van der Waals surface area contributed by atoms with E-state index in [1.807, 2.05) is 43.3 Å². The first-order chi connectivity index (χ1) is 15.0. The number of ether oxygens (including phenoxy) is 1. The Bertz CT molecular complexity index is 1170. The van der Waals surface area contributed by atoms with Gasteiger partial charge in [-0.2, -0.15) is 0 Å². The summed E-state index contributed by atoms with van der Waals surface area (Å²) in [5, 5.41) is 3.63. The molecule has 0 fully saturated rings. The molecule has 31 heavy (non-hydrogen) atoms. The molecule has 0 aliphatic carbocycles. The number of halogens is 1. The van der Waals surface area contributed by atoms with E-state index in [-0.39, 0.29) is 24.6 Å². The molecule has 1 N–H and O–H groups in total. The zero-order valence-electron chi connectivity index (χ0n) is 17.5. The number of hydrogen-bond donors (Lipinski definition) is 1. The zero-order chi connectivity index (χ0) is 21.8. The molecule has 1 amide bonds. The van der Waals surface area contributed by atoms with Gasteiger partial charge in [-0.3, -0.25) is 4.79 Å². The summed E-state index contributed by atoms with van der Waals surface area (Å²) in [6.07, 6.45) is 0. The first kappa shape index (κ1) is 20.9. The van der Waals surface area contributed by atoms with Crippen LogP contribution >= 0.6 is 11.6 Å². The van der Waals surface area contributed by atoms with Gasteiger partial charge in [0, 0.05) is 5.02 Å². The van der Waals surface area contributed by atoms with Crippen molar-refractivity contribution in [2.45, 2.75) is 25.9 Å². The van der Waals surface area contributed by atoms with Gasteiger partial charge in [-0.1, -0.05) is 54.1 Å². The van der Waals surface area contributed by atoms with Crippen molar-refractivity contribution in [2.24, 2.45) is 0 Å². The Kier molecular flexibility index (Phi) is 6.23. The highest BCUT2D eigenvalue weighted by Crippen LogP contribution is 2.28. The number of aromatic nitrogens is 2. The first-order valence-corrected chi connectivity index (χ1v) is 10.6. The number of carbonyl (C=O) groups is 1. The Balaban J connectivity index is 1.55. The van der Waals surface area contributed by atoms with Gasteiger partial charge in [0.15, 0.2) is 6.61 Å². The van der Waals surface area contributed by atoms with Crippen LogP contribution in [0.1, 0.15) is 37.3 Å². The lowest BCUT2D eigenvalue weighted by Gasteiger charge is -2.22. The average Bonchev–Trinajstić information content (AvgIpc) is 3.18. The normalized spacial score (nSPS) is 13.0. The summed E-state index contributed by atoms with van der Waals surface area (Å²) < 4.78 is 7.76. The maximum absolute atomic E-state index is 12.5. The second-order valence-electron chi connectivity index (χ2n) is 7.45. The minimum absolute atomic E-state index is 0.0632. The molecule has 1 heterocycles. The number of nitrogens with zero attached hydrogens (tertiary/aromatic N) is 2. The highest BCUT2D eigenvalue weighted by molar-refractivity contribution is 6.30. The maximum atomic E-state index is 12.5. The van der Waals surface area contributed by atoms with Crippen LogP contribution in [0.2, 0.25) is 5.02 Å². The topological polar surface area (TPSA) is 56.1 Å². The monoisotopic (exact) mass is 433 g/mol. The van der Waals surface area contributed by atoms with Crippen molar-refractivity contribution >= 4 is 28.5 Å². The van der Waals surface area contributed by atoms with Crippen LogP contribution in [0.15, 0.2) is 78.9 Å². The molecule has 0 aliphatic heterocycles. The third-order valence-corrected chi connectivity index (χ3v) is 5.49. The molecule has 6 heteroatoms. The summed E-state index contributed by atoms with van der Waals surface area (Å²) >= 11 is 5.88. The SMILES string of the molecule is CC(NC(=O)COc1ccc(Cl)cc1)c1nc2ccccc2n1C(C)c1ccccc1. The smallest absolute Gasteiger partial charge is 0.258 e. The van der Waals surface area contributed by atoms with E-state index < -0.39 is 0 Å². The third-order valence-electron chi connectivity index (χ3n) is 5.24. The number of fused-ring (bicyclic) bond motifs is 1. The molecule has 0 saturated heterocycles. The van der Waals surface area contributed by atoms with E-state index in [1.165, 1.54) is 5.56 Å². The Morgan fingerprint density at radius 1 is 1.00 bits per heavy atom. The predicted octanol–water partition coefficient (Wildman–Crippen LogP) is 5.56. The van der Waals surface area contributed by atoms with Crippen LogP contribution in [0.3, 0.4) is 0 Å². The van der Waals surface area contributed by atoms with Crippen molar-refractivity contribution in [3.63, 3.8) is 0 Å². The van der Waals surface area contributed by atoms with Gasteiger partial charge in [0.05, 0.1) is 23.1 Å². The molecule has 2 unspecified atom stereocenters. The molecule has 2 atom stereocenters. The van der Waals surface area contributed by atoms with E-state index in [1.54, 1.807) is 24.3 Å². The maximum Gasteiger partial charge on any atom is 0.258 e. The Labute approximate surface area is 186 Å². The quantitative estimate of drug-likeness (QED) is 0.415. The van der Waals surface area contributed by atoms with Gasteiger partial charge >= 0.3 is 0 Å². The number of rotatable bonds is 7. The lowest BCUT2D eigenvalue weighted by atomic mass is 10.1. The Hall–Kier alpha value is -3.31. The van der Waals surface area contributed by atoms with Crippen LogP contribution in [0.4, 0.5) is 0 Å². The molecule has 5 nitrogen and oxygen atoms in total. The molecule has 4 rings (SSSR count). The minimum Gasteiger partial charge on any atom is -0.484 e. The van der Waals surface area contributed by atoms with E-state index in [2.05, 4.69) is 35.0 Å². The number of nitrogens with one attached hydrogen (secondary N) is 1. The van der Waals surface area contributed by atoms with Gasteiger partial charge in [0.2, 0.25) is 0 Å². The van der Waals surface area contributed by atoms with Crippen LogP contribution in [0, 0.1) is 0 Å². The standard InChI is InChI=1S/C25H24ClN3O2/c1-17(27-24(30)16-31-21-14-12-20(26)13-15-21)25-28-22-10-6-7-11-23(22)29(25)18(2)19-8-4-3-5-9-19/h3-15,17-18H,16H2,1-2H3,(H,27,30). The second-order valence-corrected chi connectivity index (χ2v) is 7.88. The minimum atomic E-state index is -0.292. The molecule has 0 aliphatic rings. The Morgan fingerprint density at radius 3 is 2.42 bits per heavy atom. The fraction of sp³-hybridized carbons (Fsp3) is 0.200. The van der Waals surface area contributed by atoms with E-state index in [0.29, 0.717) is 10.8 Å². The number of para-hydroxylation sites is 2. The summed E-state index contributed by atoms with van der Waals surface area (Å²) in [7, 11) is 0. The van der Waals surface area contributed by atoms with Crippen molar-refractivity contribution in [1.82, 2.24) is 14.9 Å². The number of hydrogen-bond acceptors (Lipinski definition) is 3. The Morgan fingerprint density at radius 2 is 1.68 bits per heavy atom. The molecule has 0 spiro atoms. The third kappa shape index (κ3) is 4.72. The van der Waals surface area contributed by atoms with Crippen molar-refractivity contribution in [3.8, 4) is 5.75 Å². The summed E-state index contributed by atoms with van der Waals surface area (Å²) in [4.78, 5) is 17.4. The van der Waals surface area contributed by atoms with Gasteiger partial charge in [0.25, 0.3) is 5.91 Å². The predicted molar refractivity (Wildman–Crippen MR) is 123 cm³/mol. The lowest BCUT2D eigenvalue weighted by Crippen LogP contribution is -2.33. The van der Waals surface area contributed by atoms with Crippen LogP contribution in [-0.2, 0) is 4.79 Å². The highest BCUT2D eigenvalue weighted by atomic mass is 35.5. The number of carbonyl (C=O) groups excluding carboxylic acids is 1. The van der Waals surface area contributed by atoms with Crippen LogP contribution in [0.25, 0.3) is 11.0 Å². The molecule has 0 bridgehead atoms. The van der Waals surface area contributed by atoms with E-state index >= 15 is 0 Å². The first-order valence-electron chi connectivity index (χ1n) is 10.2. The number of imidazole rings is 1. The molecule has 3 aromatic carbocycles. The summed E-state index contributed by atoms with van der Waals surface area (Å²) in [6, 6.07) is 25.0. The molecule has 0 radical (unpaired) electrons. The zero-order valence-corrected chi connectivity index (χ0v) is 18.2. The molecule has 1 aromatic heterocycles. The van der Waals surface area contributed by atoms with Crippen molar-refractivity contribution in [3.05, 3.63) is 95.3 Å². The molecule has 158 valence electrons. The summed E-state index contributed by atoms with van der Waals surface area (Å²) in [6.45, 7) is 4.00. The van der Waals surface area contributed by atoms with Crippen LogP contribution < -0.4 is 10.1 Å². The van der Waals surface area contributed by atoms with Crippen LogP contribution in [-0.4, -0.2) is 22.1 Å². The molecule has 0 saturated carbocycles. The molecular formula is C25H24ClN3O2. The fourth-order valence-electron chi connectivity index (χ4n) is 3.68. The van der Waals surface area contributed by atoms with Gasteiger partial charge in [0.1, 0.15) is 11.6 Å². The summed E-state index contributed by atoms with van der Waals surface area (Å²) in [5.41, 5.74) is 3.11. The van der Waals surface area contributed by atoms with Crippen LogP contribution in [0.5, 0.6) is 5.75 Å². The molecule has 4 aromatic rings. The van der Waals surface area contributed by atoms with E-state index in [0.717, 1.165) is 16.9 Å². The molecular weight excluding hydrogens is 410 g/mol. The fourth-order valence-corrected chi connectivity index (χ4v) is 3.81. The van der Waals surface area contributed by atoms with Gasteiger partial charge in [-0.15, -0.1) is 0 Å². The second kappa shape index (κ2) is 9.23. The van der Waals surface area contributed by atoms with E-state index in [4.69, 9.17) is 21.3 Å². The average molecular weight is 434 g/mol. The van der Waals surface area contributed by atoms with Crippen molar-refractivity contribution in [1.29, 1.82) is 0 Å². The number of amides is 1. The van der Waals surface area contributed by atoms with Gasteiger partial charge in [-0.25, -0.2) is 4.98 Å². The van der Waals surface area contributed by atoms with Gasteiger partial charge in [-0.05, 0) is 55.8 Å². The van der Waals surface area contributed by atoms with Crippen molar-refractivity contribution in [2.75, 3.05) is 6.61 Å². The summed E-state index contributed by atoms with van der Waals surface area (Å²) in [5.74, 6) is 1.18. The largest absolute Gasteiger partial charge is 0.484 e.